The van der Waals surface area contributed by atoms with Crippen molar-refractivity contribution in [3.63, 3.8) is 0 Å². The van der Waals surface area contributed by atoms with Crippen LogP contribution in [0.5, 0.6) is 0 Å². The zero-order valence-corrected chi connectivity index (χ0v) is 5.26. The fourth-order valence-corrected chi connectivity index (χ4v) is 0.650. The van der Waals surface area contributed by atoms with Gasteiger partial charge in [0.2, 0.25) is 0 Å². The first-order chi connectivity index (χ1) is 4.70. The normalized spacial score (nSPS) is 26.7. The fourth-order valence-electron chi connectivity index (χ4n) is 0.650. The number of ether oxygens (including phenoxy) is 1. The lowest BCUT2D eigenvalue weighted by molar-refractivity contribution is -0.0413. The van der Waals surface area contributed by atoms with Gasteiger partial charge in [-0.15, -0.1) is 0 Å². The van der Waals surface area contributed by atoms with E-state index in [4.69, 9.17) is 5.73 Å². The molecule has 0 aromatic carbocycles. The summed E-state index contributed by atoms with van der Waals surface area (Å²) in [5.74, 6) is 0.289. The third-order valence-corrected chi connectivity index (χ3v) is 1.20. The Bertz CT molecular complexity index is 149. The predicted octanol–water partition coefficient (Wildman–Crippen LogP) is 0.00750. The number of rotatable bonds is 1. The van der Waals surface area contributed by atoms with Gasteiger partial charge in [-0.3, -0.25) is 4.99 Å². The number of aliphatic imine (C=N–C) groups is 1. The molecule has 0 saturated heterocycles. The van der Waals surface area contributed by atoms with Crippen molar-refractivity contribution in [1.82, 2.24) is 0 Å². The molecular formula is C5H8F2N2O. The van der Waals surface area contributed by atoms with Gasteiger partial charge in [0.05, 0.1) is 6.54 Å². The van der Waals surface area contributed by atoms with E-state index in [0.717, 1.165) is 0 Å². The van der Waals surface area contributed by atoms with E-state index in [9.17, 15) is 8.78 Å². The summed E-state index contributed by atoms with van der Waals surface area (Å²) in [6.07, 6.45) is -3.52. The predicted molar refractivity (Wildman–Crippen MR) is 32.2 cm³/mol. The largest absolute Gasteiger partial charge is 0.386 e. The molecule has 0 fully saturated rings. The van der Waals surface area contributed by atoms with Crippen LogP contribution in [0.3, 0.4) is 0 Å². The van der Waals surface area contributed by atoms with Crippen LogP contribution in [0.15, 0.2) is 4.99 Å². The summed E-state index contributed by atoms with van der Waals surface area (Å²) in [6.45, 7) is -0.00148. The van der Waals surface area contributed by atoms with E-state index >= 15 is 0 Å². The summed E-state index contributed by atoms with van der Waals surface area (Å²) in [6, 6.07) is 0. The second-order valence-electron chi connectivity index (χ2n) is 2.02. The molecule has 0 aromatic rings. The molecule has 0 saturated carbocycles. The van der Waals surface area contributed by atoms with Crippen LogP contribution in [0.1, 0.15) is 0 Å². The minimum atomic E-state index is -2.46. The molecule has 1 rings (SSSR count). The molecule has 58 valence electrons. The Morgan fingerprint density at radius 2 is 2.40 bits per heavy atom. The van der Waals surface area contributed by atoms with E-state index in [0.29, 0.717) is 0 Å². The first-order valence-corrected chi connectivity index (χ1v) is 2.88. The van der Waals surface area contributed by atoms with Crippen LogP contribution in [-0.4, -0.2) is 31.5 Å². The van der Waals surface area contributed by atoms with Crippen LogP contribution >= 0.6 is 0 Å². The minimum Gasteiger partial charge on any atom is -0.386 e. The smallest absolute Gasteiger partial charge is 0.266 e. The van der Waals surface area contributed by atoms with Crippen molar-refractivity contribution < 1.29 is 13.5 Å². The van der Waals surface area contributed by atoms with Gasteiger partial charge < -0.3 is 10.5 Å². The van der Waals surface area contributed by atoms with E-state index in [1.165, 1.54) is 0 Å². The van der Waals surface area contributed by atoms with Crippen molar-refractivity contribution in [3.8, 4) is 0 Å². The lowest BCUT2D eigenvalue weighted by Crippen LogP contribution is -2.36. The Morgan fingerprint density at radius 3 is 2.80 bits per heavy atom. The molecule has 0 amide bonds. The molecular weight excluding hydrogens is 142 g/mol. The number of nitrogens with two attached hydrogens (primary N) is 1. The van der Waals surface area contributed by atoms with Gasteiger partial charge in [0.25, 0.3) is 6.43 Å². The third kappa shape index (κ3) is 1.63. The first-order valence-electron chi connectivity index (χ1n) is 2.88. The summed E-state index contributed by atoms with van der Waals surface area (Å²) in [5, 5.41) is 0. The number of alkyl halides is 2. The highest BCUT2D eigenvalue weighted by atomic mass is 19.3. The zero-order valence-electron chi connectivity index (χ0n) is 5.26. The van der Waals surface area contributed by atoms with Crippen LogP contribution < -0.4 is 5.73 Å². The number of halogens is 2. The van der Waals surface area contributed by atoms with Crippen LogP contribution in [0, 0.1) is 0 Å². The number of hydrogen-bond acceptors (Lipinski definition) is 3. The third-order valence-electron chi connectivity index (χ3n) is 1.20. The van der Waals surface area contributed by atoms with Gasteiger partial charge in [0, 0.05) is 0 Å². The van der Waals surface area contributed by atoms with Crippen LogP contribution in [0.4, 0.5) is 8.78 Å². The molecule has 0 aromatic heterocycles. The van der Waals surface area contributed by atoms with Crippen molar-refractivity contribution >= 4 is 5.84 Å². The van der Waals surface area contributed by atoms with Gasteiger partial charge in [-0.1, -0.05) is 0 Å². The molecule has 0 spiro atoms. The highest BCUT2D eigenvalue weighted by molar-refractivity contribution is 5.81. The van der Waals surface area contributed by atoms with Crippen LogP contribution in [0.2, 0.25) is 0 Å². The lowest BCUT2D eigenvalue weighted by Gasteiger charge is -2.18. The summed E-state index contributed by atoms with van der Waals surface area (Å²) in [7, 11) is 0. The van der Waals surface area contributed by atoms with E-state index in [1.807, 2.05) is 0 Å². The summed E-state index contributed by atoms with van der Waals surface area (Å²) in [5.41, 5.74) is 5.18. The Labute approximate surface area is 56.9 Å². The molecule has 10 heavy (non-hydrogen) atoms. The molecule has 5 heteroatoms. The van der Waals surface area contributed by atoms with E-state index < -0.39 is 12.5 Å². The van der Waals surface area contributed by atoms with Crippen molar-refractivity contribution in [2.75, 3.05) is 13.2 Å². The highest BCUT2D eigenvalue weighted by Gasteiger charge is 2.23. The van der Waals surface area contributed by atoms with Crippen molar-refractivity contribution in [3.05, 3.63) is 0 Å². The monoisotopic (exact) mass is 150 g/mol. The van der Waals surface area contributed by atoms with Gasteiger partial charge in [-0.05, 0) is 0 Å². The Balaban J connectivity index is 2.42. The molecule has 1 atom stereocenters. The first kappa shape index (κ1) is 7.40. The van der Waals surface area contributed by atoms with E-state index in [2.05, 4.69) is 9.73 Å². The number of hydrogen-bond donors (Lipinski definition) is 1. The Kier molecular flexibility index (Phi) is 2.16. The van der Waals surface area contributed by atoms with E-state index in [-0.39, 0.29) is 19.0 Å². The maximum absolute atomic E-state index is 11.8. The molecule has 1 aliphatic rings. The Hall–Kier alpha value is -0.710. The maximum Gasteiger partial charge on any atom is 0.266 e. The highest BCUT2D eigenvalue weighted by Crippen LogP contribution is 2.08. The zero-order chi connectivity index (χ0) is 7.56. The second-order valence-corrected chi connectivity index (χ2v) is 2.02. The van der Waals surface area contributed by atoms with Gasteiger partial charge >= 0.3 is 0 Å². The van der Waals surface area contributed by atoms with Crippen molar-refractivity contribution in [2.45, 2.75) is 12.5 Å². The van der Waals surface area contributed by atoms with Crippen molar-refractivity contribution in [2.24, 2.45) is 10.7 Å². The van der Waals surface area contributed by atoms with Gasteiger partial charge in [0.1, 0.15) is 18.5 Å². The summed E-state index contributed by atoms with van der Waals surface area (Å²) in [4.78, 5) is 3.62. The number of nitrogens with zero attached hydrogens (tertiary/aromatic N) is 1. The average molecular weight is 150 g/mol. The molecule has 2 N–H and O–H groups in total. The minimum absolute atomic E-state index is 0.0228. The van der Waals surface area contributed by atoms with Gasteiger partial charge in [0.15, 0.2) is 0 Å². The standard InChI is InChI=1S/C5H8F2N2O/c6-5(7)3-1-9-4(8)2-10-3/h3,5H,1-2H2,(H2,8,9). The second kappa shape index (κ2) is 2.92. The number of amidine groups is 1. The average Bonchev–Trinajstić information content (AvgIpc) is 1.88. The molecule has 1 heterocycles. The van der Waals surface area contributed by atoms with Crippen LogP contribution in [0.25, 0.3) is 0 Å². The molecule has 0 radical (unpaired) electrons. The van der Waals surface area contributed by atoms with Crippen molar-refractivity contribution in [1.29, 1.82) is 0 Å². The SMILES string of the molecule is NC1=NCC(C(F)F)OC1. The van der Waals surface area contributed by atoms with E-state index in [1.54, 1.807) is 0 Å². The maximum atomic E-state index is 11.8. The Morgan fingerprint density at radius 1 is 1.70 bits per heavy atom. The fraction of sp³-hybridized carbons (Fsp3) is 0.800. The van der Waals surface area contributed by atoms with Crippen LogP contribution in [-0.2, 0) is 4.74 Å². The summed E-state index contributed by atoms with van der Waals surface area (Å²) < 4.78 is 28.3. The van der Waals surface area contributed by atoms with Gasteiger partial charge in [-0.2, -0.15) is 0 Å². The summed E-state index contributed by atoms with van der Waals surface area (Å²) >= 11 is 0. The molecule has 1 aliphatic heterocycles. The van der Waals surface area contributed by atoms with Gasteiger partial charge in [-0.25, -0.2) is 8.78 Å². The molecule has 0 bridgehead atoms. The molecule has 1 unspecified atom stereocenters. The molecule has 3 nitrogen and oxygen atoms in total. The lowest BCUT2D eigenvalue weighted by atomic mass is 10.3. The molecule has 0 aliphatic carbocycles. The quantitative estimate of drug-likeness (QED) is 0.572. The topological polar surface area (TPSA) is 47.6 Å².